The third-order valence-electron chi connectivity index (χ3n) is 9.73. The van der Waals surface area contributed by atoms with E-state index >= 15 is 0 Å². The number of fused-ring (bicyclic) bond motifs is 4. The van der Waals surface area contributed by atoms with Gasteiger partial charge in [-0.2, -0.15) is 0 Å². The first-order valence-corrected chi connectivity index (χ1v) is 17.2. The van der Waals surface area contributed by atoms with Crippen LogP contribution < -0.4 is 4.74 Å². The van der Waals surface area contributed by atoms with Gasteiger partial charge >= 0.3 is 0 Å². The molecule has 51 heavy (non-hydrogen) atoms. The smallest absolute Gasteiger partial charge is 0.130 e. The van der Waals surface area contributed by atoms with Gasteiger partial charge in [0, 0.05) is 28.4 Å². The molecule has 0 aliphatic carbocycles. The number of nitrogens with zero attached hydrogens (tertiary/aromatic N) is 1. The normalized spacial score (nSPS) is 13.1. The Labute approximate surface area is 298 Å². The van der Waals surface area contributed by atoms with Gasteiger partial charge in [0.2, 0.25) is 0 Å². The SMILES string of the molecule is C#C/C=C\C=C1/Cc2cc(-c3ccc4c(c3)c3ccccc3n4-c3cccc(-c4cc(-c5ccccc5)cc(-c5ccccc5)c4)c3)ccc2O1. The molecule has 0 amide bonds. The lowest BCUT2D eigenvalue weighted by molar-refractivity contribution is 0.446. The van der Waals surface area contributed by atoms with Gasteiger partial charge in [-0.3, -0.25) is 0 Å². The van der Waals surface area contributed by atoms with Crippen LogP contribution in [0.4, 0.5) is 0 Å². The van der Waals surface area contributed by atoms with Gasteiger partial charge in [-0.25, -0.2) is 0 Å². The highest BCUT2D eigenvalue weighted by Crippen LogP contribution is 2.39. The predicted octanol–water partition coefficient (Wildman–Crippen LogP) is 12.5. The number of rotatable bonds is 6. The maximum atomic E-state index is 6.06. The van der Waals surface area contributed by atoms with Gasteiger partial charge in [-0.1, -0.05) is 115 Å². The number of terminal acetylenes is 1. The van der Waals surface area contributed by atoms with Crippen molar-refractivity contribution in [2.75, 3.05) is 0 Å². The molecule has 2 nitrogen and oxygen atoms in total. The first-order valence-electron chi connectivity index (χ1n) is 17.2. The van der Waals surface area contributed by atoms with Gasteiger partial charge in [0.25, 0.3) is 0 Å². The lowest BCUT2D eigenvalue weighted by Crippen LogP contribution is -1.94. The van der Waals surface area contributed by atoms with Gasteiger partial charge in [-0.05, 0) is 117 Å². The Hall–Kier alpha value is -6.82. The van der Waals surface area contributed by atoms with E-state index in [-0.39, 0.29) is 0 Å². The molecule has 1 aliphatic heterocycles. The van der Waals surface area contributed by atoms with Crippen molar-refractivity contribution in [1.82, 2.24) is 4.57 Å². The van der Waals surface area contributed by atoms with E-state index in [0.29, 0.717) is 0 Å². The van der Waals surface area contributed by atoms with Crippen LogP contribution in [0, 0.1) is 12.3 Å². The molecule has 0 radical (unpaired) electrons. The molecule has 2 heteroatoms. The monoisotopic (exact) mass is 651 g/mol. The Morgan fingerprint density at radius 3 is 1.86 bits per heavy atom. The molecule has 8 aromatic rings. The second-order valence-corrected chi connectivity index (χ2v) is 12.9. The number of benzene rings is 7. The van der Waals surface area contributed by atoms with Crippen molar-refractivity contribution < 1.29 is 4.74 Å². The summed E-state index contributed by atoms with van der Waals surface area (Å²) < 4.78 is 8.46. The molecule has 0 N–H and O–H groups in total. The maximum absolute atomic E-state index is 6.06. The third kappa shape index (κ3) is 5.72. The third-order valence-corrected chi connectivity index (χ3v) is 9.73. The van der Waals surface area contributed by atoms with E-state index in [0.717, 1.165) is 23.6 Å². The quantitative estimate of drug-likeness (QED) is 0.163. The van der Waals surface area contributed by atoms with Crippen molar-refractivity contribution in [3.05, 3.63) is 193 Å². The van der Waals surface area contributed by atoms with E-state index in [1.165, 1.54) is 71.9 Å². The van der Waals surface area contributed by atoms with Crippen LogP contribution in [0.5, 0.6) is 5.75 Å². The molecule has 9 rings (SSSR count). The summed E-state index contributed by atoms with van der Waals surface area (Å²) in [5.74, 6) is 4.33. The van der Waals surface area contributed by atoms with Crippen molar-refractivity contribution in [3.8, 4) is 68.3 Å². The maximum Gasteiger partial charge on any atom is 0.130 e. The lowest BCUT2D eigenvalue weighted by atomic mass is 9.93. The van der Waals surface area contributed by atoms with Crippen LogP contribution in [0.15, 0.2) is 188 Å². The Morgan fingerprint density at radius 2 is 1.12 bits per heavy atom. The minimum atomic E-state index is 0.747. The van der Waals surface area contributed by atoms with E-state index < -0.39 is 0 Å². The molecule has 1 aromatic heterocycles. The van der Waals surface area contributed by atoms with Crippen molar-refractivity contribution in [2.45, 2.75) is 6.42 Å². The summed E-state index contributed by atoms with van der Waals surface area (Å²) in [6.07, 6.45) is 11.6. The van der Waals surface area contributed by atoms with Gasteiger partial charge in [0.15, 0.2) is 0 Å². The molecule has 2 heterocycles. The Bertz CT molecular complexity index is 2630. The van der Waals surface area contributed by atoms with Crippen LogP contribution in [0.1, 0.15) is 5.56 Å². The zero-order chi connectivity index (χ0) is 34.1. The minimum Gasteiger partial charge on any atom is -0.461 e. The van der Waals surface area contributed by atoms with E-state index in [2.05, 4.69) is 174 Å². The lowest BCUT2D eigenvalue weighted by Gasteiger charge is -2.14. The van der Waals surface area contributed by atoms with E-state index in [1.807, 2.05) is 12.2 Å². The first-order chi connectivity index (χ1) is 25.2. The van der Waals surface area contributed by atoms with Crippen LogP contribution in [0.3, 0.4) is 0 Å². The molecule has 0 saturated carbocycles. The van der Waals surface area contributed by atoms with Crippen LogP contribution in [-0.2, 0) is 6.42 Å². The predicted molar refractivity (Wildman–Crippen MR) is 213 cm³/mol. The summed E-state index contributed by atoms with van der Waals surface area (Å²) in [6, 6.07) is 59.2. The summed E-state index contributed by atoms with van der Waals surface area (Å²) in [6.45, 7) is 0. The summed E-state index contributed by atoms with van der Waals surface area (Å²) >= 11 is 0. The fourth-order valence-corrected chi connectivity index (χ4v) is 7.31. The molecule has 7 aromatic carbocycles. The van der Waals surface area contributed by atoms with E-state index in [9.17, 15) is 0 Å². The average Bonchev–Trinajstić information content (AvgIpc) is 3.76. The minimum absolute atomic E-state index is 0.747. The summed E-state index contributed by atoms with van der Waals surface area (Å²) in [5.41, 5.74) is 14.2. The van der Waals surface area contributed by atoms with Crippen LogP contribution in [-0.4, -0.2) is 4.57 Å². The molecule has 1 aliphatic rings. The second kappa shape index (κ2) is 12.9. The number of hydrogen-bond donors (Lipinski definition) is 0. The highest BCUT2D eigenvalue weighted by Gasteiger charge is 2.19. The highest BCUT2D eigenvalue weighted by atomic mass is 16.5. The molecule has 0 spiro atoms. The number of hydrogen-bond acceptors (Lipinski definition) is 1. The van der Waals surface area contributed by atoms with Crippen molar-refractivity contribution in [3.63, 3.8) is 0 Å². The molecular formula is C49H33NO. The summed E-state index contributed by atoms with van der Waals surface area (Å²) in [4.78, 5) is 0. The number of ether oxygens (including phenoxy) is 1. The fraction of sp³-hybridized carbons (Fsp3) is 0.0204. The topological polar surface area (TPSA) is 14.2 Å². The number of allylic oxidation sites excluding steroid dienone is 4. The standard InChI is InChI=1S/C49H33NO/c1-2-3-6-20-44-32-42-27-37(24-26-49(42)51-44)38-23-25-48-46(33-38)45-21-11-12-22-47(45)50(48)43-19-13-18-36(31-43)41-29-39(34-14-7-4-8-15-34)28-40(30-41)35-16-9-5-10-17-35/h1,3-31,33H,32H2/b6-3-,44-20+. The van der Waals surface area contributed by atoms with Gasteiger partial charge < -0.3 is 9.30 Å². The van der Waals surface area contributed by atoms with Gasteiger partial charge in [0.1, 0.15) is 11.5 Å². The molecule has 0 bridgehead atoms. The Morgan fingerprint density at radius 1 is 0.510 bits per heavy atom. The van der Waals surface area contributed by atoms with Crippen molar-refractivity contribution >= 4 is 21.8 Å². The number of aromatic nitrogens is 1. The van der Waals surface area contributed by atoms with Crippen molar-refractivity contribution in [2.24, 2.45) is 0 Å². The van der Waals surface area contributed by atoms with E-state index in [4.69, 9.17) is 11.2 Å². The second-order valence-electron chi connectivity index (χ2n) is 12.9. The molecule has 0 saturated heterocycles. The van der Waals surface area contributed by atoms with Crippen LogP contribution >= 0.6 is 0 Å². The van der Waals surface area contributed by atoms with Crippen LogP contribution in [0.25, 0.3) is 72.0 Å². The molecule has 240 valence electrons. The van der Waals surface area contributed by atoms with Crippen LogP contribution in [0.2, 0.25) is 0 Å². The zero-order valence-corrected chi connectivity index (χ0v) is 28.0. The largest absolute Gasteiger partial charge is 0.461 e. The Balaban J connectivity index is 1.14. The molecular weight excluding hydrogens is 619 g/mol. The average molecular weight is 652 g/mol. The molecule has 0 unspecified atom stereocenters. The molecule has 0 fully saturated rings. The zero-order valence-electron chi connectivity index (χ0n) is 28.0. The summed E-state index contributed by atoms with van der Waals surface area (Å²) in [7, 11) is 0. The van der Waals surface area contributed by atoms with Crippen molar-refractivity contribution in [1.29, 1.82) is 0 Å². The summed E-state index contributed by atoms with van der Waals surface area (Å²) in [5, 5.41) is 2.45. The number of para-hydroxylation sites is 1. The Kier molecular flexibility index (Phi) is 7.65. The molecule has 0 atom stereocenters. The van der Waals surface area contributed by atoms with Gasteiger partial charge in [-0.15, -0.1) is 6.42 Å². The van der Waals surface area contributed by atoms with E-state index in [1.54, 1.807) is 6.08 Å². The fourth-order valence-electron chi connectivity index (χ4n) is 7.31. The first kappa shape index (κ1) is 30.3. The highest BCUT2D eigenvalue weighted by molar-refractivity contribution is 6.10. The van der Waals surface area contributed by atoms with Gasteiger partial charge in [0.05, 0.1) is 11.0 Å².